The SMILES string of the molecule is CC(C)C(C)C(Cc1ncnn1C)NN. The molecule has 5 heteroatoms. The van der Waals surface area contributed by atoms with Crippen LogP contribution in [-0.2, 0) is 13.5 Å². The van der Waals surface area contributed by atoms with Gasteiger partial charge in [-0.3, -0.25) is 16.0 Å². The average Bonchev–Trinajstić information content (AvgIpc) is 2.59. The molecule has 0 aromatic carbocycles. The number of nitrogens with zero attached hydrogens (tertiary/aromatic N) is 3. The fourth-order valence-electron chi connectivity index (χ4n) is 1.56. The van der Waals surface area contributed by atoms with Crippen molar-refractivity contribution in [3.05, 3.63) is 12.2 Å². The van der Waals surface area contributed by atoms with E-state index in [1.165, 1.54) is 0 Å². The van der Waals surface area contributed by atoms with E-state index in [1.54, 1.807) is 11.0 Å². The minimum atomic E-state index is 0.243. The maximum atomic E-state index is 5.57. The van der Waals surface area contributed by atoms with Crippen molar-refractivity contribution >= 4 is 0 Å². The standard InChI is InChI=1S/C10H21N5/c1-7(2)8(3)9(14-11)5-10-12-6-13-15(10)4/h6-9,14H,5,11H2,1-4H3. The van der Waals surface area contributed by atoms with Crippen LogP contribution in [0.25, 0.3) is 0 Å². The van der Waals surface area contributed by atoms with Crippen molar-refractivity contribution < 1.29 is 0 Å². The smallest absolute Gasteiger partial charge is 0.138 e. The first-order chi connectivity index (χ1) is 7.06. The third-order valence-corrected chi connectivity index (χ3v) is 3.11. The molecule has 0 aliphatic carbocycles. The molecule has 0 amide bonds. The van der Waals surface area contributed by atoms with Gasteiger partial charge < -0.3 is 0 Å². The molecule has 0 saturated carbocycles. The van der Waals surface area contributed by atoms with Crippen LogP contribution < -0.4 is 11.3 Å². The van der Waals surface area contributed by atoms with Crippen molar-refractivity contribution in [2.24, 2.45) is 24.7 Å². The summed E-state index contributed by atoms with van der Waals surface area (Å²) in [6.07, 6.45) is 2.38. The van der Waals surface area contributed by atoms with Crippen LogP contribution in [0.15, 0.2) is 6.33 Å². The lowest BCUT2D eigenvalue weighted by molar-refractivity contribution is 0.294. The molecule has 5 nitrogen and oxygen atoms in total. The Morgan fingerprint density at radius 2 is 2.13 bits per heavy atom. The van der Waals surface area contributed by atoms with Crippen LogP contribution in [0.5, 0.6) is 0 Å². The molecule has 1 aromatic heterocycles. The summed E-state index contributed by atoms with van der Waals surface area (Å²) in [6, 6.07) is 0.243. The van der Waals surface area contributed by atoms with Crippen LogP contribution in [0.1, 0.15) is 26.6 Å². The van der Waals surface area contributed by atoms with Gasteiger partial charge in [-0.25, -0.2) is 4.98 Å². The molecule has 0 fully saturated rings. The van der Waals surface area contributed by atoms with E-state index in [0.717, 1.165) is 12.2 Å². The predicted molar refractivity (Wildman–Crippen MR) is 59.8 cm³/mol. The van der Waals surface area contributed by atoms with Gasteiger partial charge in [-0.15, -0.1) is 0 Å². The zero-order valence-electron chi connectivity index (χ0n) is 9.94. The van der Waals surface area contributed by atoms with Gasteiger partial charge in [0.05, 0.1) is 0 Å². The number of hydrogen-bond acceptors (Lipinski definition) is 4. The number of hydrogen-bond donors (Lipinski definition) is 2. The van der Waals surface area contributed by atoms with E-state index in [4.69, 9.17) is 5.84 Å². The van der Waals surface area contributed by atoms with Gasteiger partial charge in [0.15, 0.2) is 0 Å². The molecule has 0 aliphatic heterocycles. The molecule has 15 heavy (non-hydrogen) atoms. The Hall–Kier alpha value is -0.940. The van der Waals surface area contributed by atoms with Crippen LogP contribution >= 0.6 is 0 Å². The third kappa shape index (κ3) is 3.00. The second-order valence-electron chi connectivity index (χ2n) is 4.38. The highest BCUT2D eigenvalue weighted by Gasteiger charge is 2.20. The largest absolute Gasteiger partial charge is 0.271 e. The van der Waals surface area contributed by atoms with Crippen LogP contribution in [-0.4, -0.2) is 20.8 Å². The fourth-order valence-corrected chi connectivity index (χ4v) is 1.56. The molecule has 0 bridgehead atoms. The van der Waals surface area contributed by atoms with Gasteiger partial charge in [-0.05, 0) is 11.8 Å². The maximum Gasteiger partial charge on any atom is 0.138 e. The third-order valence-electron chi connectivity index (χ3n) is 3.11. The number of aromatic nitrogens is 3. The van der Waals surface area contributed by atoms with Gasteiger partial charge in [0.25, 0.3) is 0 Å². The minimum absolute atomic E-state index is 0.243. The Morgan fingerprint density at radius 1 is 1.47 bits per heavy atom. The Labute approximate surface area is 91.0 Å². The monoisotopic (exact) mass is 211 g/mol. The first kappa shape index (κ1) is 12.1. The van der Waals surface area contributed by atoms with Crippen LogP contribution in [0.2, 0.25) is 0 Å². The summed E-state index contributed by atoms with van der Waals surface area (Å²) in [5, 5.41) is 4.05. The van der Waals surface area contributed by atoms with E-state index >= 15 is 0 Å². The zero-order valence-corrected chi connectivity index (χ0v) is 9.94. The highest BCUT2D eigenvalue weighted by atomic mass is 15.3. The van der Waals surface area contributed by atoms with Crippen molar-refractivity contribution in [3.8, 4) is 0 Å². The minimum Gasteiger partial charge on any atom is -0.271 e. The zero-order chi connectivity index (χ0) is 11.4. The maximum absolute atomic E-state index is 5.57. The number of aryl methyl sites for hydroxylation is 1. The van der Waals surface area contributed by atoms with Crippen LogP contribution in [0, 0.1) is 11.8 Å². The number of hydrazine groups is 1. The quantitative estimate of drug-likeness (QED) is 0.549. The second-order valence-corrected chi connectivity index (χ2v) is 4.38. The van der Waals surface area contributed by atoms with Gasteiger partial charge in [-0.2, -0.15) is 5.10 Å². The number of nitrogens with one attached hydrogen (secondary N) is 1. The van der Waals surface area contributed by atoms with E-state index in [0.29, 0.717) is 11.8 Å². The molecular weight excluding hydrogens is 190 g/mol. The molecule has 0 aliphatic rings. The summed E-state index contributed by atoms with van der Waals surface area (Å²) in [6.45, 7) is 6.60. The normalized spacial score (nSPS) is 15.6. The summed E-state index contributed by atoms with van der Waals surface area (Å²) in [5.74, 6) is 7.64. The van der Waals surface area contributed by atoms with Crippen molar-refractivity contribution in [1.82, 2.24) is 20.2 Å². The van der Waals surface area contributed by atoms with Crippen molar-refractivity contribution in [2.45, 2.75) is 33.2 Å². The van der Waals surface area contributed by atoms with Crippen molar-refractivity contribution in [1.29, 1.82) is 0 Å². The van der Waals surface area contributed by atoms with Gasteiger partial charge in [0.2, 0.25) is 0 Å². The molecule has 1 aromatic rings. The Morgan fingerprint density at radius 3 is 2.53 bits per heavy atom. The molecule has 86 valence electrons. The molecular formula is C10H21N5. The number of rotatable bonds is 5. The van der Waals surface area contributed by atoms with Crippen molar-refractivity contribution in [3.63, 3.8) is 0 Å². The lowest BCUT2D eigenvalue weighted by Crippen LogP contribution is -2.43. The van der Waals surface area contributed by atoms with E-state index < -0.39 is 0 Å². The molecule has 2 atom stereocenters. The van der Waals surface area contributed by atoms with Gasteiger partial charge in [-0.1, -0.05) is 20.8 Å². The van der Waals surface area contributed by atoms with Crippen molar-refractivity contribution in [2.75, 3.05) is 0 Å². The van der Waals surface area contributed by atoms with Crippen LogP contribution in [0.4, 0.5) is 0 Å². The fraction of sp³-hybridized carbons (Fsp3) is 0.800. The molecule has 2 unspecified atom stereocenters. The molecule has 1 rings (SSSR count). The Kier molecular flexibility index (Phi) is 4.23. The summed E-state index contributed by atoms with van der Waals surface area (Å²) >= 11 is 0. The summed E-state index contributed by atoms with van der Waals surface area (Å²) < 4.78 is 1.79. The van der Waals surface area contributed by atoms with E-state index in [1.807, 2.05) is 7.05 Å². The lowest BCUT2D eigenvalue weighted by Gasteiger charge is -2.25. The summed E-state index contributed by atoms with van der Waals surface area (Å²) in [7, 11) is 1.90. The summed E-state index contributed by atoms with van der Waals surface area (Å²) in [5.41, 5.74) is 2.87. The van der Waals surface area contributed by atoms with Crippen LogP contribution in [0.3, 0.4) is 0 Å². The van der Waals surface area contributed by atoms with Gasteiger partial charge >= 0.3 is 0 Å². The Bertz CT molecular complexity index is 294. The molecule has 3 N–H and O–H groups in total. The highest BCUT2D eigenvalue weighted by molar-refractivity contribution is 4.90. The van der Waals surface area contributed by atoms with E-state index in [2.05, 4.69) is 36.3 Å². The van der Waals surface area contributed by atoms with E-state index in [9.17, 15) is 0 Å². The lowest BCUT2D eigenvalue weighted by atomic mass is 9.89. The van der Waals surface area contributed by atoms with Gasteiger partial charge in [0.1, 0.15) is 12.2 Å². The van der Waals surface area contributed by atoms with Gasteiger partial charge in [0, 0.05) is 19.5 Å². The predicted octanol–water partition coefficient (Wildman–Crippen LogP) is 0.482. The Balaban J connectivity index is 2.65. The first-order valence-electron chi connectivity index (χ1n) is 5.35. The molecule has 1 heterocycles. The molecule has 0 radical (unpaired) electrons. The first-order valence-corrected chi connectivity index (χ1v) is 5.35. The topological polar surface area (TPSA) is 68.8 Å². The number of nitrogens with two attached hydrogens (primary N) is 1. The van der Waals surface area contributed by atoms with E-state index in [-0.39, 0.29) is 6.04 Å². The molecule has 0 saturated heterocycles. The highest BCUT2D eigenvalue weighted by Crippen LogP contribution is 2.16. The average molecular weight is 211 g/mol. The second kappa shape index (κ2) is 5.23. The molecule has 0 spiro atoms. The summed E-state index contributed by atoms with van der Waals surface area (Å²) in [4.78, 5) is 4.20.